The Morgan fingerprint density at radius 1 is 1.48 bits per heavy atom. The fourth-order valence-corrected chi connectivity index (χ4v) is 3.00. The van der Waals surface area contributed by atoms with E-state index in [0.29, 0.717) is 18.3 Å². The van der Waals surface area contributed by atoms with Gasteiger partial charge in [-0.05, 0) is 62.4 Å². The van der Waals surface area contributed by atoms with E-state index >= 15 is 0 Å². The molecule has 0 radical (unpaired) electrons. The molecule has 0 spiro atoms. The summed E-state index contributed by atoms with van der Waals surface area (Å²) in [7, 11) is 0. The Morgan fingerprint density at radius 3 is 2.95 bits per heavy atom. The summed E-state index contributed by atoms with van der Waals surface area (Å²) < 4.78 is 0. The molecule has 3 atom stereocenters. The normalized spacial score (nSPS) is 21.5. The summed E-state index contributed by atoms with van der Waals surface area (Å²) in [6, 6.07) is 6.96. The number of piperidine rings is 1. The summed E-state index contributed by atoms with van der Waals surface area (Å²) >= 11 is 0. The van der Waals surface area contributed by atoms with Crippen LogP contribution in [0.5, 0.6) is 5.75 Å². The molecular weight excluding hydrogens is 264 g/mol. The summed E-state index contributed by atoms with van der Waals surface area (Å²) in [6.45, 7) is 6.23. The van der Waals surface area contributed by atoms with Gasteiger partial charge < -0.3 is 15.7 Å². The minimum atomic E-state index is -0.0821. The molecule has 0 aromatic heterocycles. The number of carbonyl (C=O) groups excluding carboxylic acids is 1. The zero-order valence-corrected chi connectivity index (χ0v) is 12.9. The highest BCUT2D eigenvalue weighted by atomic mass is 16.3. The molecule has 4 heteroatoms. The highest BCUT2D eigenvalue weighted by Gasteiger charge is 2.22. The number of phenols is 1. The van der Waals surface area contributed by atoms with E-state index in [0.717, 1.165) is 18.7 Å². The monoisotopic (exact) mass is 290 g/mol. The molecule has 3 unspecified atom stereocenters. The maximum Gasteiger partial charge on any atom is 0.220 e. The van der Waals surface area contributed by atoms with Gasteiger partial charge in [-0.2, -0.15) is 0 Å². The van der Waals surface area contributed by atoms with E-state index in [1.165, 1.54) is 12.8 Å². The van der Waals surface area contributed by atoms with Crippen LogP contribution < -0.4 is 10.6 Å². The fraction of sp³-hybridized carbons (Fsp3) is 0.588. The van der Waals surface area contributed by atoms with Crippen molar-refractivity contribution in [3.63, 3.8) is 0 Å². The lowest BCUT2D eigenvalue weighted by atomic mass is 9.85. The van der Waals surface area contributed by atoms with E-state index in [4.69, 9.17) is 0 Å². The predicted octanol–water partition coefficient (Wildman–Crippen LogP) is 2.60. The van der Waals surface area contributed by atoms with Gasteiger partial charge in [0.15, 0.2) is 0 Å². The third-order valence-corrected chi connectivity index (χ3v) is 4.39. The van der Waals surface area contributed by atoms with Crippen LogP contribution in [0.25, 0.3) is 0 Å². The van der Waals surface area contributed by atoms with Gasteiger partial charge in [0.2, 0.25) is 5.91 Å². The van der Waals surface area contributed by atoms with E-state index in [1.807, 2.05) is 13.0 Å². The molecule has 3 N–H and O–H groups in total. The van der Waals surface area contributed by atoms with Crippen molar-refractivity contribution in [2.24, 2.45) is 11.8 Å². The largest absolute Gasteiger partial charge is 0.508 e. The fourth-order valence-electron chi connectivity index (χ4n) is 3.00. The molecule has 1 heterocycles. The van der Waals surface area contributed by atoms with Crippen LogP contribution in [0.4, 0.5) is 0 Å². The molecule has 0 bridgehead atoms. The average molecular weight is 290 g/mol. The van der Waals surface area contributed by atoms with Crippen LogP contribution in [0.15, 0.2) is 24.3 Å². The molecule has 21 heavy (non-hydrogen) atoms. The number of hydrogen-bond donors (Lipinski definition) is 3. The van der Waals surface area contributed by atoms with Crippen molar-refractivity contribution in [3.05, 3.63) is 29.8 Å². The number of amides is 1. The topological polar surface area (TPSA) is 61.4 Å². The summed E-state index contributed by atoms with van der Waals surface area (Å²) in [5.74, 6) is 1.31. The van der Waals surface area contributed by atoms with Crippen molar-refractivity contribution in [2.75, 3.05) is 13.1 Å². The molecule has 1 fully saturated rings. The van der Waals surface area contributed by atoms with Gasteiger partial charge in [-0.1, -0.05) is 19.1 Å². The Bertz CT molecular complexity index is 470. The Balaban J connectivity index is 1.83. The van der Waals surface area contributed by atoms with Crippen LogP contribution in [0.2, 0.25) is 0 Å². The minimum absolute atomic E-state index is 0.0821. The van der Waals surface area contributed by atoms with Crippen molar-refractivity contribution < 1.29 is 9.90 Å². The molecule has 1 amide bonds. The first kappa shape index (κ1) is 15.8. The van der Waals surface area contributed by atoms with E-state index in [-0.39, 0.29) is 17.7 Å². The summed E-state index contributed by atoms with van der Waals surface area (Å²) in [5.41, 5.74) is 0.926. The minimum Gasteiger partial charge on any atom is -0.508 e. The van der Waals surface area contributed by atoms with Crippen LogP contribution in [0.1, 0.15) is 44.7 Å². The first-order valence-electron chi connectivity index (χ1n) is 7.85. The second kappa shape index (κ2) is 7.46. The predicted molar refractivity (Wildman–Crippen MR) is 84.0 cm³/mol. The highest BCUT2D eigenvalue weighted by Crippen LogP contribution is 2.23. The molecule has 116 valence electrons. The van der Waals surface area contributed by atoms with E-state index in [9.17, 15) is 9.90 Å². The van der Waals surface area contributed by atoms with Crippen LogP contribution in [0, 0.1) is 11.8 Å². The number of hydrogen-bond acceptors (Lipinski definition) is 3. The molecule has 0 saturated carbocycles. The maximum absolute atomic E-state index is 12.2. The first-order valence-corrected chi connectivity index (χ1v) is 7.85. The van der Waals surface area contributed by atoms with Gasteiger partial charge >= 0.3 is 0 Å². The van der Waals surface area contributed by atoms with E-state index in [2.05, 4.69) is 17.6 Å². The van der Waals surface area contributed by atoms with Gasteiger partial charge in [-0.3, -0.25) is 4.79 Å². The molecule has 2 rings (SSSR count). The molecule has 1 aliphatic heterocycles. The second-order valence-corrected chi connectivity index (χ2v) is 6.17. The van der Waals surface area contributed by atoms with Crippen LogP contribution in [-0.2, 0) is 4.79 Å². The smallest absolute Gasteiger partial charge is 0.220 e. The van der Waals surface area contributed by atoms with Gasteiger partial charge in [0, 0.05) is 6.42 Å². The van der Waals surface area contributed by atoms with Crippen molar-refractivity contribution in [1.82, 2.24) is 10.6 Å². The SMILES string of the molecule is CC(NC(=O)CC(C)C1CCCNC1)c1cccc(O)c1. The third-order valence-electron chi connectivity index (χ3n) is 4.39. The first-order chi connectivity index (χ1) is 10.1. The number of benzene rings is 1. The van der Waals surface area contributed by atoms with E-state index in [1.54, 1.807) is 18.2 Å². The van der Waals surface area contributed by atoms with Gasteiger partial charge in [0.1, 0.15) is 5.75 Å². The van der Waals surface area contributed by atoms with Crippen molar-refractivity contribution >= 4 is 5.91 Å². The van der Waals surface area contributed by atoms with Gasteiger partial charge in [-0.25, -0.2) is 0 Å². The Morgan fingerprint density at radius 2 is 2.29 bits per heavy atom. The summed E-state index contributed by atoms with van der Waals surface area (Å²) in [5, 5.41) is 15.9. The lowest BCUT2D eigenvalue weighted by molar-refractivity contribution is -0.123. The van der Waals surface area contributed by atoms with Gasteiger partial charge in [0.05, 0.1) is 6.04 Å². The number of nitrogens with one attached hydrogen (secondary N) is 2. The zero-order valence-electron chi connectivity index (χ0n) is 12.9. The number of aromatic hydroxyl groups is 1. The standard InChI is InChI=1S/C17H26N2O2/c1-12(15-6-4-8-18-11-15)9-17(21)19-13(2)14-5-3-7-16(20)10-14/h3,5,7,10,12-13,15,18,20H,4,6,8-9,11H2,1-2H3,(H,19,21). The molecule has 4 nitrogen and oxygen atoms in total. The zero-order chi connectivity index (χ0) is 15.2. The van der Waals surface area contributed by atoms with Gasteiger partial charge in [-0.15, -0.1) is 0 Å². The summed E-state index contributed by atoms with van der Waals surface area (Å²) in [6.07, 6.45) is 2.98. The molecule has 0 aliphatic carbocycles. The molecule has 1 aromatic rings. The Hall–Kier alpha value is -1.55. The lowest BCUT2D eigenvalue weighted by Gasteiger charge is -2.28. The van der Waals surface area contributed by atoms with Crippen LogP contribution >= 0.6 is 0 Å². The average Bonchev–Trinajstić information content (AvgIpc) is 2.48. The number of phenolic OH excluding ortho intramolecular Hbond substituents is 1. The van der Waals surface area contributed by atoms with Crippen molar-refractivity contribution in [1.29, 1.82) is 0 Å². The quantitative estimate of drug-likeness (QED) is 0.781. The molecule has 1 aliphatic rings. The maximum atomic E-state index is 12.2. The van der Waals surface area contributed by atoms with Crippen molar-refractivity contribution in [2.45, 2.75) is 39.2 Å². The summed E-state index contributed by atoms with van der Waals surface area (Å²) in [4.78, 5) is 12.2. The lowest BCUT2D eigenvalue weighted by Crippen LogP contribution is -2.36. The third kappa shape index (κ3) is 4.74. The second-order valence-electron chi connectivity index (χ2n) is 6.17. The van der Waals surface area contributed by atoms with Gasteiger partial charge in [0.25, 0.3) is 0 Å². The van der Waals surface area contributed by atoms with Crippen LogP contribution in [-0.4, -0.2) is 24.1 Å². The number of rotatable bonds is 5. The number of carbonyl (C=O) groups is 1. The van der Waals surface area contributed by atoms with Crippen molar-refractivity contribution in [3.8, 4) is 5.75 Å². The molecular formula is C17H26N2O2. The van der Waals surface area contributed by atoms with Crippen LogP contribution in [0.3, 0.4) is 0 Å². The Kier molecular flexibility index (Phi) is 5.62. The Labute approximate surface area is 126 Å². The molecule has 1 aromatic carbocycles. The molecule has 1 saturated heterocycles. The van der Waals surface area contributed by atoms with E-state index < -0.39 is 0 Å². The highest BCUT2D eigenvalue weighted by molar-refractivity contribution is 5.76.